The van der Waals surface area contributed by atoms with Gasteiger partial charge in [-0.25, -0.2) is 9.07 Å². The van der Waals surface area contributed by atoms with Gasteiger partial charge in [-0.1, -0.05) is 58.2 Å². The summed E-state index contributed by atoms with van der Waals surface area (Å²) in [4.78, 5) is 0. The molecule has 0 spiro atoms. The van der Waals surface area contributed by atoms with Crippen molar-refractivity contribution in [2.24, 2.45) is 5.92 Å². The van der Waals surface area contributed by atoms with E-state index in [-0.39, 0.29) is 5.82 Å². The molecular weight excluding hydrogens is 394 g/mol. The minimum atomic E-state index is -0.702. The second-order valence-corrected chi connectivity index (χ2v) is 7.05. The molecule has 2 aliphatic carbocycles. The Hall–Kier alpha value is -1.95. The zero-order chi connectivity index (χ0) is 22.5. The van der Waals surface area contributed by atoms with Gasteiger partial charge in [0.1, 0.15) is 11.9 Å². The third kappa shape index (κ3) is 8.05. The molecule has 2 unspecified atom stereocenters. The Labute approximate surface area is 184 Å². The zero-order valence-corrected chi connectivity index (χ0v) is 19.9. The summed E-state index contributed by atoms with van der Waals surface area (Å²) in [5.74, 6) is 2.49. The minimum absolute atomic E-state index is 0.261. The number of aliphatic hydroxyl groups excluding tert-OH is 1. The summed E-state index contributed by atoms with van der Waals surface area (Å²) >= 11 is 0. The van der Waals surface area contributed by atoms with Crippen LogP contribution in [0, 0.1) is 24.1 Å². The maximum Gasteiger partial charge on any atom is 0.123 e. The van der Waals surface area contributed by atoms with Crippen molar-refractivity contribution in [2.45, 2.75) is 65.4 Å². The van der Waals surface area contributed by atoms with Crippen molar-refractivity contribution < 1.29 is 9.50 Å². The lowest BCUT2D eigenvalue weighted by atomic mass is 9.85. The molecule has 0 saturated heterocycles. The normalized spacial score (nSPS) is 16.6. The maximum absolute atomic E-state index is 13.1. The molecule has 5 heteroatoms. The zero-order valence-electron chi connectivity index (χ0n) is 18.7. The van der Waals surface area contributed by atoms with E-state index < -0.39 is 6.10 Å². The van der Waals surface area contributed by atoms with Gasteiger partial charge in [0.05, 0.1) is 17.6 Å². The van der Waals surface area contributed by atoms with Gasteiger partial charge >= 0.3 is 0 Å². The number of hydrogen-bond donors (Lipinski definition) is 1. The van der Waals surface area contributed by atoms with Gasteiger partial charge in [0.15, 0.2) is 0 Å². The van der Waals surface area contributed by atoms with Gasteiger partial charge in [0.25, 0.3) is 0 Å². The van der Waals surface area contributed by atoms with E-state index in [2.05, 4.69) is 33.3 Å². The lowest BCUT2D eigenvalue weighted by Crippen LogP contribution is -2.13. The van der Waals surface area contributed by atoms with Crippen molar-refractivity contribution in [3.05, 3.63) is 53.1 Å². The summed E-state index contributed by atoms with van der Waals surface area (Å²) in [6.07, 6.45) is 15.3. The number of aromatic nitrogens is 2. The molecule has 0 radical (unpaired) electrons. The molecule has 2 aliphatic rings. The lowest BCUT2D eigenvalue weighted by Gasteiger charge is -2.22. The van der Waals surface area contributed by atoms with Gasteiger partial charge in [-0.05, 0) is 61.1 Å². The topological polar surface area (TPSA) is 38.1 Å². The molecular formula is C25H36FN2OP. The molecule has 1 N–H and O–H groups in total. The molecule has 1 saturated carbocycles. The summed E-state index contributed by atoms with van der Waals surface area (Å²) in [5.41, 5.74) is 4.31. The van der Waals surface area contributed by atoms with Crippen LogP contribution in [0.5, 0.6) is 0 Å². The number of allylic oxidation sites excluding steroid dienone is 1. The van der Waals surface area contributed by atoms with Crippen molar-refractivity contribution in [3.8, 4) is 18.0 Å². The van der Waals surface area contributed by atoms with E-state index >= 15 is 0 Å². The molecule has 1 aromatic carbocycles. The van der Waals surface area contributed by atoms with Crippen LogP contribution >= 0.6 is 9.24 Å². The Balaban J connectivity index is 0.000000563. The monoisotopic (exact) mass is 430 g/mol. The van der Waals surface area contributed by atoms with Crippen LogP contribution in [0.1, 0.15) is 64.1 Å². The van der Waals surface area contributed by atoms with E-state index in [4.69, 9.17) is 6.42 Å². The number of nitrogens with zero attached hydrogens (tertiary/aromatic N) is 2. The molecule has 30 heavy (non-hydrogen) atoms. The number of aliphatic hydroxyl groups is 1. The van der Waals surface area contributed by atoms with E-state index in [1.165, 1.54) is 42.5 Å². The molecule has 1 heterocycles. The van der Waals surface area contributed by atoms with Crippen molar-refractivity contribution in [1.82, 2.24) is 9.78 Å². The average Bonchev–Trinajstić information content (AvgIpc) is 3.62. The van der Waals surface area contributed by atoms with Gasteiger partial charge in [-0.15, -0.1) is 15.7 Å². The van der Waals surface area contributed by atoms with Crippen molar-refractivity contribution in [2.75, 3.05) is 6.66 Å². The van der Waals surface area contributed by atoms with Crippen LogP contribution in [-0.2, 0) is 6.42 Å². The fourth-order valence-corrected chi connectivity index (χ4v) is 2.98. The highest BCUT2D eigenvalue weighted by molar-refractivity contribution is 7.15. The average molecular weight is 431 g/mol. The van der Waals surface area contributed by atoms with Crippen molar-refractivity contribution >= 4 is 15.3 Å². The summed E-state index contributed by atoms with van der Waals surface area (Å²) in [7, 11) is 2.42. The Morgan fingerprint density at radius 1 is 1.23 bits per heavy atom. The first-order valence-electron chi connectivity index (χ1n) is 10.8. The maximum atomic E-state index is 13.1. The first-order valence-corrected chi connectivity index (χ1v) is 12.0. The number of hydrogen-bond acceptors (Lipinski definition) is 2. The van der Waals surface area contributed by atoms with Crippen LogP contribution in [0.3, 0.4) is 0 Å². The standard InChI is InChI=1S/C19H19FN2O.C3H6.C2H6.CH5P/c1-3-18(23)9-4-14-11-19-15(10-13(14)2)12-21-22(19)17-7-5-16(20)6-8-17;1-2-3-1;2*1-2/h1,5-8,11-13,18,23H,4,9-10H2,2H3;1-3H2;1-2H3;2H2,1H3/t13?,18-;;;/m0.../s1. The molecule has 3 nitrogen and oxygen atoms in total. The number of benzene rings is 1. The summed E-state index contributed by atoms with van der Waals surface area (Å²) in [6, 6.07) is 6.30. The van der Waals surface area contributed by atoms with Crippen LogP contribution < -0.4 is 0 Å². The quantitative estimate of drug-likeness (QED) is 0.474. The number of fused-ring (bicyclic) bond motifs is 1. The predicted octanol–water partition coefficient (Wildman–Crippen LogP) is 6.05. The lowest BCUT2D eigenvalue weighted by molar-refractivity contribution is 0.221. The fourth-order valence-electron chi connectivity index (χ4n) is 2.98. The number of halogens is 1. The first-order chi connectivity index (χ1) is 14.6. The Morgan fingerprint density at radius 3 is 2.37 bits per heavy atom. The van der Waals surface area contributed by atoms with Gasteiger partial charge < -0.3 is 5.11 Å². The molecule has 0 amide bonds. The minimum Gasteiger partial charge on any atom is -0.380 e. The molecule has 0 bridgehead atoms. The summed E-state index contributed by atoms with van der Waals surface area (Å²) < 4.78 is 14.9. The van der Waals surface area contributed by atoms with Crippen LogP contribution in [-0.4, -0.2) is 27.7 Å². The molecule has 4 rings (SSSR count). The Morgan fingerprint density at radius 2 is 1.83 bits per heavy atom. The largest absolute Gasteiger partial charge is 0.380 e. The third-order valence-corrected chi connectivity index (χ3v) is 4.69. The molecule has 3 atom stereocenters. The molecule has 1 aromatic heterocycles. The van der Waals surface area contributed by atoms with Crippen LogP contribution in [0.4, 0.5) is 4.39 Å². The van der Waals surface area contributed by atoms with Crippen LogP contribution in [0.2, 0.25) is 0 Å². The second kappa shape index (κ2) is 14.1. The highest BCUT2D eigenvalue weighted by Crippen LogP contribution is 2.32. The highest BCUT2D eigenvalue weighted by atomic mass is 31.0. The highest BCUT2D eigenvalue weighted by Gasteiger charge is 2.22. The van der Waals surface area contributed by atoms with Crippen molar-refractivity contribution in [3.63, 3.8) is 0 Å². The molecule has 2 aromatic rings. The van der Waals surface area contributed by atoms with E-state index in [9.17, 15) is 9.50 Å². The smallest absolute Gasteiger partial charge is 0.123 e. The SMILES string of the molecule is C#C[C@H](O)CCC1=Cc2c(cnn2-c2ccc(F)cc2)CC1C.C1CC1.CC.CP. The van der Waals surface area contributed by atoms with Crippen molar-refractivity contribution in [1.29, 1.82) is 0 Å². The van der Waals surface area contributed by atoms with E-state index in [0.717, 1.165) is 24.2 Å². The van der Waals surface area contributed by atoms with Gasteiger partial charge in [-0.2, -0.15) is 5.10 Å². The summed E-state index contributed by atoms with van der Waals surface area (Å²) in [5, 5.41) is 14.0. The Kier molecular flexibility index (Phi) is 12.3. The van der Waals surface area contributed by atoms with Crippen LogP contribution in [0.25, 0.3) is 11.8 Å². The number of rotatable bonds is 4. The van der Waals surface area contributed by atoms with E-state index in [1.54, 1.807) is 12.1 Å². The predicted molar refractivity (Wildman–Crippen MR) is 129 cm³/mol. The van der Waals surface area contributed by atoms with E-state index in [1.807, 2.05) is 31.4 Å². The van der Waals surface area contributed by atoms with Gasteiger partial charge in [-0.3, -0.25) is 0 Å². The van der Waals surface area contributed by atoms with Gasteiger partial charge in [0, 0.05) is 0 Å². The molecule has 1 fully saturated rings. The fraction of sp³-hybridized carbons (Fsp3) is 0.480. The molecule has 164 valence electrons. The molecule has 0 aliphatic heterocycles. The Bertz CT molecular complexity index is 816. The van der Waals surface area contributed by atoms with Crippen LogP contribution in [0.15, 0.2) is 36.0 Å². The second-order valence-electron chi connectivity index (χ2n) is 7.05. The summed E-state index contributed by atoms with van der Waals surface area (Å²) in [6.45, 7) is 8.09. The third-order valence-electron chi connectivity index (χ3n) is 4.69. The number of terminal acetylenes is 1. The van der Waals surface area contributed by atoms with Gasteiger partial charge in [0.2, 0.25) is 0 Å². The first kappa shape index (κ1) is 26.1. The van der Waals surface area contributed by atoms with E-state index in [0.29, 0.717) is 12.3 Å².